The van der Waals surface area contributed by atoms with Gasteiger partial charge in [0.2, 0.25) is 5.91 Å². The number of carbonyl (C=O) groups is 2. The van der Waals surface area contributed by atoms with Crippen molar-refractivity contribution in [3.63, 3.8) is 0 Å². The van der Waals surface area contributed by atoms with Gasteiger partial charge in [-0.1, -0.05) is 65.5 Å². The molecule has 2 aromatic rings. The van der Waals surface area contributed by atoms with Crippen LogP contribution in [0.5, 0.6) is 0 Å². The van der Waals surface area contributed by atoms with Crippen molar-refractivity contribution in [2.24, 2.45) is 0 Å². The molecule has 1 aliphatic heterocycles. The second kappa shape index (κ2) is 9.67. The van der Waals surface area contributed by atoms with Crippen LogP contribution in [0.25, 0.3) is 6.08 Å². The van der Waals surface area contributed by atoms with E-state index in [-0.39, 0.29) is 18.2 Å². The van der Waals surface area contributed by atoms with E-state index >= 15 is 0 Å². The molecule has 8 heteroatoms. The fourth-order valence-corrected chi connectivity index (χ4v) is 4.14. The van der Waals surface area contributed by atoms with Crippen molar-refractivity contribution in [1.29, 1.82) is 0 Å². The number of aryl methyl sites for hydroxylation is 1. The molecule has 0 saturated carbocycles. The molecule has 0 bridgehead atoms. The predicted octanol–water partition coefficient (Wildman–Crippen LogP) is 4.55. The summed E-state index contributed by atoms with van der Waals surface area (Å²) in [6.07, 6.45) is 4.63. The molecule has 1 saturated heterocycles. The third-order valence-electron chi connectivity index (χ3n) is 4.11. The van der Waals surface area contributed by atoms with Crippen molar-refractivity contribution in [3.8, 4) is 0 Å². The second-order valence-corrected chi connectivity index (χ2v) is 8.28. The summed E-state index contributed by atoms with van der Waals surface area (Å²) >= 11 is 6.64. The van der Waals surface area contributed by atoms with E-state index < -0.39 is 0 Å². The average molecular weight is 428 g/mol. The van der Waals surface area contributed by atoms with Gasteiger partial charge in [0, 0.05) is 19.0 Å². The van der Waals surface area contributed by atoms with Crippen LogP contribution in [0, 0.1) is 6.92 Å². The summed E-state index contributed by atoms with van der Waals surface area (Å²) in [5.74, 6) is 0.720. The summed E-state index contributed by atoms with van der Waals surface area (Å²) in [6, 6.07) is 11.6. The molecule has 0 radical (unpaired) electrons. The summed E-state index contributed by atoms with van der Waals surface area (Å²) in [5.41, 5.74) is 2.05. The summed E-state index contributed by atoms with van der Waals surface area (Å²) in [6.45, 7) is 4.10. The molecule has 1 aliphatic rings. The molecule has 0 unspecified atom stereocenters. The molecule has 150 valence electrons. The van der Waals surface area contributed by atoms with Crippen LogP contribution in [0.1, 0.15) is 31.1 Å². The Bertz CT molecular complexity index is 980. The Kier molecular flexibility index (Phi) is 7.00. The Balaban J connectivity index is 1.53. The van der Waals surface area contributed by atoms with E-state index in [2.05, 4.69) is 10.5 Å². The van der Waals surface area contributed by atoms with Gasteiger partial charge < -0.3 is 9.84 Å². The van der Waals surface area contributed by atoms with Crippen LogP contribution in [0.2, 0.25) is 0 Å². The van der Waals surface area contributed by atoms with E-state index in [1.807, 2.05) is 49.4 Å². The van der Waals surface area contributed by atoms with Crippen molar-refractivity contribution in [3.05, 3.63) is 64.3 Å². The lowest BCUT2D eigenvalue weighted by Gasteiger charge is -2.13. The van der Waals surface area contributed by atoms with E-state index in [0.29, 0.717) is 33.8 Å². The van der Waals surface area contributed by atoms with Crippen molar-refractivity contribution in [2.45, 2.75) is 26.7 Å². The van der Waals surface area contributed by atoms with E-state index in [1.54, 1.807) is 17.9 Å². The Morgan fingerprint density at radius 2 is 2.10 bits per heavy atom. The van der Waals surface area contributed by atoms with Gasteiger partial charge in [-0.05, 0) is 37.5 Å². The summed E-state index contributed by atoms with van der Waals surface area (Å²) in [5, 5.41) is 6.39. The summed E-state index contributed by atoms with van der Waals surface area (Å²) in [7, 11) is 0. The van der Waals surface area contributed by atoms with Crippen LogP contribution in [-0.4, -0.2) is 32.7 Å². The van der Waals surface area contributed by atoms with Crippen LogP contribution in [-0.2, 0) is 9.59 Å². The van der Waals surface area contributed by atoms with Crippen molar-refractivity contribution in [2.75, 3.05) is 11.9 Å². The number of rotatable bonds is 7. The largest absolute Gasteiger partial charge is 0.360 e. The van der Waals surface area contributed by atoms with Crippen LogP contribution in [0.15, 0.2) is 57.5 Å². The molecule has 0 aliphatic carbocycles. The van der Waals surface area contributed by atoms with Gasteiger partial charge >= 0.3 is 0 Å². The Morgan fingerprint density at radius 3 is 2.79 bits per heavy atom. The Labute approximate surface area is 179 Å². The molecule has 1 aromatic heterocycles. The maximum Gasteiger partial charge on any atom is 0.266 e. The number of aromatic nitrogens is 1. The smallest absolute Gasteiger partial charge is 0.266 e. The molecule has 0 atom stereocenters. The highest BCUT2D eigenvalue weighted by Gasteiger charge is 2.31. The highest BCUT2D eigenvalue weighted by molar-refractivity contribution is 8.26. The minimum atomic E-state index is -0.180. The molecule has 1 aromatic carbocycles. The number of amides is 2. The first kappa shape index (κ1) is 21.0. The first-order valence-corrected chi connectivity index (χ1v) is 10.4. The highest BCUT2D eigenvalue weighted by atomic mass is 32.2. The number of hydrogen-bond donors (Lipinski definition) is 1. The molecular weight excluding hydrogens is 406 g/mol. The number of thioether (sulfide) groups is 1. The van der Waals surface area contributed by atoms with Crippen molar-refractivity contribution >= 4 is 52.0 Å². The fourth-order valence-electron chi connectivity index (χ4n) is 2.78. The number of nitrogens with zero attached hydrogens (tertiary/aromatic N) is 2. The minimum Gasteiger partial charge on any atom is -0.360 e. The van der Waals surface area contributed by atoms with Gasteiger partial charge in [0.25, 0.3) is 5.91 Å². The highest BCUT2D eigenvalue weighted by Crippen LogP contribution is 2.32. The van der Waals surface area contributed by atoms with Gasteiger partial charge in [-0.3, -0.25) is 14.5 Å². The van der Waals surface area contributed by atoms with E-state index in [9.17, 15) is 9.59 Å². The Hall–Kier alpha value is -2.71. The van der Waals surface area contributed by atoms with Crippen LogP contribution >= 0.6 is 24.0 Å². The predicted molar refractivity (Wildman–Crippen MR) is 119 cm³/mol. The minimum absolute atomic E-state index is 0.117. The van der Waals surface area contributed by atoms with E-state index in [0.717, 1.165) is 11.1 Å². The average Bonchev–Trinajstić information content (AvgIpc) is 3.19. The number of benzene rings is 1. The van der Waals surface area contributed by atoms with Crippen LogP contribution in [0.4, 0.5) is 5.82 Å². The normalized spacial score (nSPS) is 16.0. The standard InChI is InChI=1S/C21H21N3O3S2/c1-14(11-16-7-4-3-5-8-16)12-17-20(26)24(21(28)29-17)10-6-9-19(25)22-18-13-15(2)27-23-18/h3-5,7-8,11-13H,6,9-10H2,1-2H3,(H,22,23,25). The van der Waals surface area contributed by atoms with Crippen LogP contribution < -0.4 is 5.32 Å². The summed E-state index contributed by atoms with van der Waals surface area (Å²) < 4.78 is 5.43. The van der Waals surface area contributed by atoms with Gasteiger partial charge in [0.15, 0.2) is 5.82 Å². The van der Waals surface area contributed by atoms with Gasteiger partial charge in [-0.2, -0.15) is 0 Å². The third-order valence-corrected chi connectivity index (χ3v) is 5.49. The SMILES string of the molecule is CC(=Cc1ccccc1)C=C1SC(=S)N(CCCC(=O)Nc2cc(C)on2)C1=O. The van der Waals surface area contributed by atoms with Crippen LogP contribution in [0.3, 0.4) is 0 Å². The lowest BCUT2D eigenvalue weighted by Crippen LogP contribution is -2.29. The van der Waals surface area contributed by atoms with Gasteiger partial charge in [0.05, 0.1) is 4.91 Å². The molecule has 1 N–H and O–H groups in total. The number of carbonyl (C=O) groups excluding carboxylic acids is 2. The number of anilines is 1. The van der Waals surface area contributed by atoms with Crippen molar-refractivity contribution < 1.29 is 14.1 Å². The maximum absolute atomic E-state index is 12.7. The molecule has 6 nitrogen and oxygen atoms in total. The quantitative estimate of drug-likeness (QED) is 0.516. The fraction of sp³-hybridized carbons (Fsp3) is 0.238. The van der Waals surface area contributed by atoms with E-state index in [1.165, 1.54) is 11.8 Å². The second-order valence-electron chi connectivity index (χ2n) is 6.61. The van der Waals surface area contributed by atoms with Gasteiger partial charge in [0.1, 0.15) is 10.1 Å². The topological polar surface area (TPSA) is 75.4 Å². The molecule has 0 spiro atoms. The Morgan fingerprint density at radius 1 is 1.34 bits per heavy atom. The van der Waals surface area contributed by atoms with Gasteiger partial charge in [-0.25, -0.2) is 0 Å². The number of nitrogens with one attached hydrogen (secondary N) is 1. The third kappa shape index (κ3) is 5.88. The zero-order chi connectivity index (χ0) is 20.8. The lowest BCUT2D eigenvalue weighted by molar-refractivity contribution is -0.122. The first-order valence-electron chi connectivity index (χ1n) is 9.14. The maximum atomic E-state index is 12.7. The molecule has 1 fully saturated rings. The van der Waals surface area contributed by atoms with Crippen molar-refractivity contribution in [1.82, 2.24) is 10.1 Å². The summed E-state index contributed by atoms with van der Waals surface area (Å²) in [4.78, 5) is 26.8. The zero-order valence-corrected chi connectivity index (χ0v) is 17.8. The number of thiocarbonyl (C=S) groups is 1. The monoisotopic (exact) mass is 427 g/mol. The molecule has 2 amide bonds. The van der Waals surface area contributed by atoms with E-state index in [4.69, 9.17) is 16.7 Å². The molecule has 29 heavy (non-hydrogen) atoms. The van der Waals surface area contributed by atoms with Gasteiger partial charge in [-0.15, -0.1) is 0 Å². The first-order chi connectivity index (χ1) is 13.9. The number of allylic oxidation sites excluding steroid dienone is 2. The zero-order valence-electron chi connectivity index (χ0n) is 16.2. The number of hydrogen-bond acceptors (Lipinski definition) is 6. The molecule has 3 rings (SSSR count). The molecule has 2 heterocycles. The molecular formula is C21H21N3O3S2. The lowest BCUT2D eigenvalue weighted by atomic mass is 10.1.